The first-order valence-corrected chi connectivity index (χ1v) is 11.3. The van der Waals surface area contributed by atoms with Gasteiger partial charge in [-0.3, -0.25) is 0 Å². The van der Waals surface area contributed by atoms with E-state index in [9.17, 15) is 13.2 Å². The summed E-state index contributed by atoms with van der Waals surface area (Å²) in [5.41, 5.74) is 1.42. The second-order valence-corrected chi connectivity index (χ2v) is 9.42. The van der Waals surface area contributed by atoms with Gasteiger partial charge in [0.25, 0.3) is 0 Å². The highest BCUT2D eigenvalue weighted by molar-refractivity contribution is 7.87. The molecule has 0 aliphatic heterocycles. The van der Waals surface area contributed by atoms with Crippen LogP contribution in [-0.4, -0.2) is 31.4 Å². The molecule has 0 atom stereocenters. The first-order valence-electron chi connectivity index (χ1n) is 9.53. The normalized spacial score (nSPS) is 14.0. The average molecular weight is 437 g/mol. The monoisotopic (exact) mass is 436 g/mol. The molecule has 29 heavy (non-hydrogen) atoms. The molecule has 0 radical (unpaired) electrons. The molecular formula is C21H25ClN2O4S. The van der Waals surface area contributed by atoms with Gasteiger partial charge in [0.05, 0.1) is 5.02 Å². The van der Waals surface area contributed by atoms with E-state index in [1.165, 1.54) is 6.07 Å². The number of nitrogens with one attached hydrogen (secondary N) is 1. The van der Waals surface area contributed by atoms with Crippen molar-refractivity contribution in [3.8, 4) is 5.75 Å². The van der Waals surface area contributed by atoms with Crippen LogP contribution in [0.3, 0.4) is 0 Å². The Labute approximate surface area is 176 Å². The number of benzene rings is 2. The summed E-state index contributed by atoms with van der Waals surface area (Å²) in [7, 11) is -4.05. The van der Waals surface area contributed by atoms with Crippen LogP contribution in [0.1, 0.15) is 37.8 Å². The zero-order valence-electron chi connectivity index (χ0n) is 16.7. The summed E-state index contributed by atoms with van der Waals surface area (Å²) in [6.45, 7) is 5.98. The SMILES string of the molecule is Cc1cccc(Cl)c1S(=O)(=O)Oc1ccc(CN(C(=O)NC(C)C)C2CC2)cc1. The van der Waals surface area contributed by atoms with E-state index >= 15 is 0 Å². The fraction of sp³-hybridized carbons (Fsp3) is 0.381. The Bertz CT molecular complexity index is 966. The van der Waals surface area contributed by atoms with Crippen LogP contribution in [0.4, 0.5) is 4.79 Å². The largest absolute Gasteiger partial charge is 0.379 e. The highest BCUT2D eigenvalue weighted by Gasteiger charge is 2.32. The van der Waals surface area contributed by atoms with Crippen LogP contribution in [0, 0.1) is 6.92 Å². The minimum absolute atomic E-state index is 0.0315. The summed E-state index contributed by atoms with van der Waals surface area (Å²) < 4.78 is 30.5. The van der Waals surface area contributed by atoms with Gasteiger partial charge >= 0.3 is 16.1 Å². The molecule has 2 aromatic carbocycles. The molecule has 1 saturated carbocycles. The van der Waals surface area contributed by atoms with Crippen LogP contribution in [0.25, 0.3) is 0 Å². The number of amides is 2. The molecule has 0 aromatic heterocycles. The summed E-state index contributed by atoms with van der Waals surface area (Å²) in [6, 6.07) is 11.8. The molecule has 8 heteroatoms. The Hall–Kier alpha value is -2.25. The van der Waals surface area contributed by atoms with E-state index < -0.39 is 10.1 Å². The Morgan fingerprint density at radius 3 is 2.41 bits per heavy atom. The zero-order chi connectivity index (χ0) is 21.2. The average Bonchev–Trinajstić information content (AvgIpc) is 3.44. The van der Waals surface area contributed by atoms with Crippen LogP contribution in [0.2, 0.25) is 5.02 Å². The third-order valence-electron chi connectivity index (χ3n) is 4.56. The number of nitrogens with zero attached hydrogens (tertiary/aromatic N) is 1. The van der Waals surface area contributed by atoms with Crippen molar-refractivity contribution in [3.63, 3.8) is 0 Å². The summed E-state index contributed by atoms with van der Waals surface area (Å²) >= 11 is 6.06. The number of carbonyl (C=O) groups is 1. The Morgan fingerprint density at radius 2 is 1.86 bits per heavy atom. The molecule has 3 rings (SSSR count). The van der Waals surface area contributed by atoms with Crippen molar-refractivity contribution in [2.45, 2.75) is 57.1 Å². The molecule has 0 heterocycles. The Balaban J connectivity index is 1.72. The van der Waals surface area contributed by atoms with Gasteiger partial charge in [-0.25, -0.2) is 4.79 Å². The fourth-order valence-corrected chi connectivity index (χ4v) is 4.75. The second kappa shape index (κ2) is 8.63. The van der Waals surface area contributed by atoms with E-state index in [2.05, 4.69) is 5.32 Å². The maximum atomic E-state index is 12.6. The highest BCUT2D eigenvalue weighted by atomic mass is 35.5. The molecule has 2 aromatic rings. The topological polar surface area (TPSA) is 75.7 Å². The molecule has 156 valence electrons. The molecule has 1 fully saturated rings. The molecule has 1 aliphatic carbocycles. The van der Waals surface area contributed by atoms with Crippen molar-refractivity contribution < 1.29 is 17.4 Å². The van der Waals surface area contributed by atoms with Gasteiger partial charge in [0.2, 0.25) is 0 Å². The van der Waals surface area contributed by atoms with Gasteiger partial charge in [0, 0.05) is 18.6 Å². The number of rotatable bonds is 7. The lowest BCUT2D eigenvalue weighted by Crippen LogP contribution is -2.43. The van der Waals surface area contributed by atoms with Crippen LogP contribution in [0.5, 0.6) is 5.75 Å². The molecular weight excluding hydrogens is 412 g/mol. The van der Waals surface area contributed by atoms with Crippen molar-refractivity contribution in [2.75, 3.05) is 0 Å². The molecule has 0 unspecified atom stereocenters. The van der Waals surface area contributed by atoms with Gasteiger partial charge < -0.3 is 14.4 Å². The zero-order valence-corrected chi connectivity index (χ0v) is 18.3. The Morgan fingerprint density at radius 1 is 1.21 bits per heavy atom. The first kappa shape index (κ1) is 21.5. The maximum Gasteiger partial charge on any atom is 0.340 e. The van der Waals surface area contributed by atoms with Gasteiger partial charge in [-0.2, -0.15) is 8.42 Å². The molecule has 0 bridgehead atoms. The smallest absolute Gasteiger partial charge is 0.340 e. The molecule has 0 spiro atoms. The maximum absolute atomic E-state index is 12.6. The fourth-order valence-electron chi connectivity index (χ4n) is 3.03. The predicted octanol–water partition coefficient (Wildman–Crippen LogP) is 4.50. The number of urea groups is 1. The number of hydrogen-bond acceptors (Lipinski definition) is 4. The minimum atomic E-state index is -4.05. The number of carbonyl (C=O) groups excluding carboxylic acids is 1. The van der Waals surface area contributed by atoms with Crippen molar-refractivity contribution in [1.82, 2.24) is 10.2 Å². The first-order chi connectivity index (χ1) is 13.7. The summed E-state index contributed by atoms with van der Waals surface area (Å²) in [5.74, 6) is 0.192. The lowest BCUT2D eigenvalue weighted by Gasteiger charge is -2.24. The third-order valence-corrected chi connectivity index (χ3v) is 6.44. The van der Waals surface area contributed by atoms with Crippen LogP contribution < -0.4 is 9.50 Å². The van der Waals surface area contributed by atoms with E-state index in [1.54, 1.807) is 43.3 Å². The Kier molecular flexibility index (Phi) is 6.39. The van der Waals surface area contributed by atoms with Crippen LogP contribution in [-0.2, 0) is 16.7 Å². The molecule has 6 nitrogen and oxygen atoms in total. The van der Waals surface area contributed by atoms with Gasteiger partial charge in [-0.15, -0.1) is 0 Å². The van der Waals surface area contributed by atoms with E-state index in [-0.39, 0.29) is 33.8 Å². The number of aryl methyl sites for hydroxylation is 1. The van der Waals surface area contributed by atoms with Crippen molar-refractivity contribution in [2.24, 2.45) is 0 Å². The molecule has 2 amide bonds. The van der Waals surface area contributed by atoms with Gasteiger partial charge in [-0.05, 0) is 62.9 Å². The summed E-state index contributed by atoms with van der Waals surface area (Å²) in [6.07, 6.45) is 2.00. The standard InChI is InChI=1S/C21H25ClN2O4S/c1-14(2)23-21(25)24(17-9-10-17)13-16-7-11-18(12-8-16)28-29(26,27)20-15(3)5-4-6-19(20)22/h4-8,11-12,14,17H,9-10,13H2,1-3H3,(H,23,25). The van der Waals surface area contributed by atoms with E-state index in [0.29, 0.717) is 12.1 Å². The minimum Gasteiger partial charge on any atom is -0.379 e. The summed E-state index contributed by atoms with van der Waals surface area (Å²) in [4.78, 5) is 14.2. The van der Waals surface area contributed by atoms with E-state index in [4.69, 9.17) is 15.8 Å². The van der Waals surface area contributed by atoms with Crippen LogP contribution in [0.15, 0.2) is 47.4 Å². The predicted molar refractivity (Wildman–Crippen MR) is 113 cm³/mol. The molecule has 1 N–H and O–H groups in total. The van der Waals surface area contributed by atoms with Crippen molar-refractivity contribution in [1.29, 1.82) is 0 Å². The second-order valence-electron chi connectivity index (χ2n) is 7.53. The van der Waals surface area contributed by atoms with Gasteiger partial charge in [-0.1, -0.05) is 35.9 Å². The number of hydrogen-bond donors (Lipinski definition) is 1. The molecule has 1 aliphatic rings. The third kappa shape index (κ3) is 5.42. The highest BCUT2D eigenvalue weighted by Crippen LogP contribution is 2.30. The van der Waals surface area contributed by atoms with Crippen LogP contribution >= 0.6 is 11.6 Å². The van der Waals surface area contributed by atoms with Crippen molar-refractivity contribution >= 4 is 27.8 Å². The lowest BCUT2D eigenvalue weighted by molar-refractivity contribution is 0.189. The van der Waals surface area contributed by atoms with Gasteiger partial charge in [0.1, 0.15) is 10.6 Å². The van der Waals surface area contributed by atoms with E-state index in [0.717, 1.165) is 18.4 Å². The van der Waals surface area contributed by atoms with Crippen molar-refractivity contribution in [3.05, 3.63) is 58.6 Å². The van der Waals surface area contributed by atoms with E-state index in [1.807, 2.05) is 18.7 Å². The summed E-state index contributed by atoms with van der Waals surface area (Å²) in [5, 5.41) is 3.05. The van der Waals surface area contributed by atoms with Gasteiger partial charge in [0.15, 0.2) is 0 Å². The molecule has 0 saturated heterocycles. The number of halogens is 1. The quantitative estimate of drug-likeness (QED) is 0.648. The lowest BCUT2D eigenvalue weighted by atomic mass is 10.2.